The summed E-state index contributed by atoms with van der Waals surface area (Å²) < 4.78 is 0. The maximum absolute atomic E-state index is 11.5. The highest BCUT2D eigenvalue weighted by Gasteiger charge is 2.19. The third kappa shape index (κ3) is 11.2. The van der Waals surface area contributed by atoms with Crippen LogP contribution in [-0.2, 0) is 14.4 Å². The number of hydrogen-bond donors (Lipinski definition) is 5. The summed E-state index contributed by atoms with van der Waals surface area (Å²) in [6.45, 7) is 0.292. The molecule has 0 spiro atoms. The number of rotatable bonds is 11. The number of carbonyl (C=O) groups is 4. The quantitative estimate of drug-likeness (QED) is 0.328. The number of urea groups is 1. The number of aliphatic carboxylic acids is 2. The molecule has 0 aromatic rings. The fourth-order valence-corrected chi connectivity index (χ4v) is 1.55. The van der Waals surface area contributed by atoms with Crippen LogP contribution >= 0.6 is 0 Å². The smallest absolute Gasteiger partial charge is 0.326 e. The van der Waals surface area contributed by atoms with Crippen molar-refractivity contribution < 1.29 is 29.4 Å². The van der Waals surface area contributed by atoms with Gasteiger partial charge in [0.1, 0.15) is 6.04 Å². The molecule has 0 aliphatic rings. The Morgan fingerprint density at radius 3 is 2.19 bits per heavy atom. The Labute approximate surface area is 121 Å². The molecule has 0 saturated carbocycles. The minimum absolute atomic E-state index is 0.0384. The SMILES string of the molecule is NC(=O)CCCCNC(=O)N[C@H](CCCC(=O)O)C(=O)O. The molecule has 3 amide bonds. The van der Waals surface area contributed by atoms with Crippen molar-refractivity contribution in [1.82, 2.24) is 10.6 Å². The Morgan fingerprint density at radius 2 is 1.67 bits per heavy atom. The van der Waals surface area contributed by atoms with Gasteiger partial charge in [0.15, 0.2) is 0 Å². The normalized spacial score (nSPS) is 11.4. The van der Waals surface area contributed by atoms with Crippen LogP contribution in [0.15, 0.2) is 0 Å². The van der Waals surface area contributed by atoms with Crippen molar-refractivity contribution in [3.8, 4) is 0 Å². The predicted octanol–water partition coefficient (Wildman–Crippen LogP) is -0.351. The van der Waals surface area contributed by atoms with E-state index in [1.165, 1.54) is 0 Å². The first-order valence-corrected chi connectivity index (χ1v) is 6.60. The second-order valence-electron chi connectivity index (χ2n) is 4.50. The molecule has 120 valence electrons. The average molecular weight is 303 g/mol. The molecule has 0 saturated heterocycles. The highest BCUT2D eigenvalue weighted by Crippen LogP contribution is 2.01. The molecule has 6 N–H and O–H groups in total. The molecule has 1 atom stereocenters. The largest absolute Gasteiger partial charge is 0.481 e. The zero-order valence-corrected chi connectivity index (χ0v) is 11.6. The van der Waals surface area contributed by atoms with Gasteiger partial charge in [-0.1, -0.05) is 0 Å². The Balaban J connectivity index is 3.92. The minimum Gasteiger partial charge on any atom is -0.481 e. The fourth-order valence-electron chi connectivity index (χ4n) is 1.55. The lowest BCUT2D eigenvalue weighted by molar-refractivity contribution is -0.140. The molecule has 21 heavy (non-hydrogen) atoms. The third-order valence-corrected chi connectivity index (χ3v) is 2.62. The maximum Gasteiger partial charge on any atom is 0.326 e. The lowest BCUT2D eigenvalue weighted by Gasteiger charge is -2.14. The number of nitrogens with two attached hydrogens (primary N) is 1. The van der Waals surface area contributed by atoms with E-state index in [0.717, 1.165) is 0 Å². The standard InChI is InChI=1S/C12H21N3O6/c13-9(16)5-1-2-7-14-12(21)15-8(11(19)20)4-3-6-10(17)18/h8H,1-7H2,(H2,13,16)(H,17,18)(H,19,20)(H2,14,15,21)/t8-/m1/s1. The van der Waals surface area contributed by atoms with Gasteiger partial charge in [0, 0.05) is 19.4 Å². The second kappa shape index (κ2) is 10.5. The van der Waals surface area contributed by atoms with Crippen LogP contribution in [0.4, 0.5) is 4.79 Å². The molecular weight excluding hydrogens is 282 g/mol. The number of amides is 3. The number of primary amides is 1. The summed E-state index contributed by atoms with van der Waals surface area (Å²) in [5, 5.41) is 22.1. The first-order chi connectivity index (χ1) is 9.82. The molecule has 0 aromatic carbocycles. The van der Waals surface area contributed by atoms with Crippen molar-refractivity contribution >= 4 is 23.9 Å². The van der Waals surface area contributed by atoms with E-state index in [-0.39, 0.29) is 25.7 Å². The zero-order chi connectivity index (χ0) is 16.3. The summed E-state index contributed by atoms with van der Waals surface area (Å²) in [7, 11) is 0. The Kier molecular flexibility index (Phi) is 9.31. The molecule has 0 unspecified atom stereocenters. The van der Waals surface area contributed by atoms with Gasteiger partial charge < -0.3 is 26.6 Å². The van der Waals surface area contributed by atoms with E-state index in [0.29, 0.717) is 19.4 Å². The van der Waals surface area contributed by atoms with Crippen LogP contribution in [0, 0.1) is 0 Å². The molecule has 0 fully saturated rings. The molecule has 0 radical (unpaired) electrons. The van der Waals surface area contributed by atoms with Crippen LogP contribution in [0.1, 0.15) is 38.5 Å². The topological polar surface area (TPSA) is 159 Å². The number of hydrogen-bond acceptors (Lipinski definition) is 4. The van der Waals surface area contributed by atoms with Gasteiger partial charge >= 0.3 is 18.0 Å². The fraction of sp³-hybridized carbons (Fsp3) is 0.667. The van der Waals surface area contributed by atoms with Gasteiger partial charge in [-0.15, -0.1) is 0 Å². The van der Waals surface area contributed by atoms with Gasteiger partial charge in [-0.2, -0.15) is 0 Å². The molecule has 0 aliphatic carbocycles. The molecule has 0 rings (SSSR count). The van der Waals surface area contributed by atoms with E-state index in [1.807, 2.05) is 0 Å². The number of carboxylic acid groups (broad SMARTS) is 2. The van der Waals surface area contributed by atoms with Crippen molar-refractivity contribution in [2.45, 2.75) is 44.6 Å². The van der Waals surface area contributed by atoms with Gasteiger partial charge in [-0.25, -0.2) is 9.59 Å². The molecule has 9 nitrogen and oxygen atoms in total. The molecule has 0 bridgehead atoms. The van der Waals surface area contributed by atoms with Crippen LogP contribution < -0.4 is 16.4 Å². The van der Waals surface area contributed by atoms with Gasteiger partial charge in [0.25, 0.3) is 0 Å². The van der Waals surface area contributed by atoms with Gasteiger partial charge in [-0.05, 0) is 25.7 Å². The van der Waals surface area contributed by atoms with Gasteiger partial charge in [-0.3, -0.25) is 9.59 Å². The number of nitrogens with one attached hydrogen (secondary N) is 2. The number of carbonyl (C=O) groups excluding carboxylic acids is 2. The van der Waals surface area contributed by atoms with E-state index in [9.17, 15) is 19.2 Å². The lowest BCUT2D eigenvalue weighted by Crippen LogP contribution is -2.46. The van der Waals surface area contributed by atoms with Crippen LogP contribution in [0.5, 0.6) is 0 Å². The Hall–Kier alpha value is -2.32. The van der Waals surface area contributed by atoms with Crippen molar-refractivity contribution in [2.24, 2.45) is 5.73 Å². The van der Waals surface area contributed by atoms with E-state index < -0.39 is 29.9 Å². The highest BCUT2D eigenvalue weighted by molar-refractivity contribution is 5.82. The van der Waals surface area contributed by atoms with E-state index in [1.54, 1.807) is 0 Å². The summed E-state index contributed by atoms with van der Waals surface area (Å²) in [6, 6.07) is -1.77. The maximum atomic E-state index is 11.5. The first-order valence-electron chi connectivity index (χ1n) is 6.60. The summed E-state index contributed by atoms with van der Waals surface area (Å²) in [5.41, 5.74) is 4.96. The lowest BCUT2D eigenvalue weighted by atomic mass is 10.1. The minimum atomic E-state index is -1.22. The zero-order valence-electron chi connectivity index (χ0n) is 11.6. The number of unbranched alkanes of at least 4 members (excludes halogenated alkanes) is 1. The van der Waals surface area contributed by atoms with Crippen molar-refractivity contribution in [3.05, 3.63) is 0 Å². The average Bonchev–Trinajstić information content (AvgIpc) is 2.36. The van der Waals surface area contributed by atoms with E-state index in [4.69, 9.17) is 15.9 Å². The van der Waals surface area contributed by atoms with Gasteiger partial charge in [0.05, 0.1) is 0 Å². The highest BCUT2D eigenvalue weighted by atomic mass is 16.4. The molecule has 0 aliphatic heterocycles. The third-order valence-electron chi connectivity index (χ3n) is 2.62. The van der Waals surface area contributed by atoms with E-state index >= 15 is 0 Å². The van der Waals surface area contributed by atoms with Crippen LogP contribution in [0.3, 0.4) is 0 Å². The second-order valence-corrected chi connectivity index (χ2v) is 4.50. The first kappa shape index (κ1) is 18.7. The Bertz CT molecular complexity index is 385. The number of carboxylic acids is 2. The van der Waals surface area contributed by atoms with Crippen LogP contribution in [-0.4, -0.2) is 46.7 Å². The van der Waals surface area contributed by atoms with Crippen molar-refractivity contribution in [1.29, 1.82) is 0 Å². The van der Waals surface area contributed by atoms with Crippen LogP contribution in [0.25, 0.3) is 0 Å². The molecule has 0 aromatic heterocycles. The van der Waals surface area contributed by atoms with Crippen LogP contribution in [0.2, 0.25) is 0 Å². The van der Waals surface area contributed by atoms with E-state index in [2.05, 4.69) is 10.6 Å². The Morgan fingerprint density at radius 1 is 1.00 bits per heavy atom. The summed E-state index contributed by atoms with van der Waals surface area (Å²) in [4.78, 5) is 43.2. The molecule has 0 heterocycles. The van der Waals surface area contributed by atoms with Crippen molar-refractivity contribution in [2.75, 3.05) is 6.54 Å². The van der Waals surface area contributed by atoms with Gasteiger partial charge in [0.2, 0.25) is 5.91 Å². The predicted molar refractivity (Wildman–Crippen MR) is 72.5 cm³/mol. The molecule has 9 heteroatoms. The molecular formula is C12H21N3O6. The summed E-state index contributed by atoms with van der Waals surface area (Å²) >= 11 is 0. The monoisotopic (exact) mass is 303 g/mol. The summed E-state index contributed by atoms with van der Waals surface area (Å²) in [5.74, 6) is -2.65. The summed E-state index contributed by atoms with van der Waals surface area (Å²) in [6.07, 6.45) is 1.36. The van der Waals surface area contributed by atoms with Crippen molar-refractivity contribution in [3.63, 3.8) is 0 Å².